The molecule has 0 spiro atoms. The molecular weight excluding hydrogens is 114 g/mol. The van der Waals surface area contributed by atoms with Gasteiger partial charge in [0.05, 0.1) is 5.60 Å². The van der Waals surface area contributed by atoms with Crippen LogP contribution in [-0.2, 0) is 4.84 Å². The van der Waals surface area contributed by atoms with Gasteiger partial charge in [-0.3, -0.25) is 4.84 Å². The molecule has 0 atom stereocenters. The maximum absolute atomic E-state index is 5.34. The fourth-order valence-electron chi connectivity index (χ4n) is 1.05. The highest BCUT2D eigenvalue weighted by atomic mass is 16.7. The van der Waals surface area contributed by atoms with Crippen molar-refractivity contribution in [3.8, 4) is 0 Å². The van der Waals surface area contributed by atoms with E-state index in [0.29, 0.717) is 0 Å². The molecule has 9 heavy (non-hydrogen) atoms. The number of hydrogen-bond donors (Lipinski definition) is 1. The van der Waals surface area contributed by atoms with Crippen LogP contribution in [0.5, 0.6) is 0 Å². The third kappa shape index (κ3) is 2.33. The van der Waals surface area contributed by atoms with Gasteiger partial charge < -0.3 is 0 Å². The topological polar surface area (TPSA) is 21.3 Å². The lowest BCUT2D eigenvalue weighted by molar-refractivity contribution is -0.0773. The highest BCUT2D eigenvalue weighted by Crippen LogP contribution is 2.18. The summed E-state index contributed by atoms with van der Waals surface area (Å²) in [5.41, 5.74) is 2.99. The minimum Gasteiger partial charge on any atom is -0.296 e. The largest absolute Gasteiger partial charge is 0.296 e. The molecule has 0 saturated carbocycles. The van der Waals surface area contributed by atoms with E-state index in [-0.39, 0.29) is 5.60 Å². The van der Waals surface area contributed by atoms with Gasteiger partial charge in [0.15, 0.2) is 0 Å². The molecule has 1 N–H and O–H groups in total. The summed E-state index contributed by atoms with van der Waals surface area (Å²) in [6.07, 6.45) is 3.68. The van der Waals surface area contributed by atoms with Crippen LogP contribution in [0.15, 0.2) is 0 Å². The summed E-state index contributed by atoms with van der Waals surface area (Å²) in [4.78, 5) is 5.34. The second-order valence-electron chi connectivity index (χ2n) is 3.21. The van der Waals surface area contributed by atoms with Crippen LogP contribution < -0.4 is 5.48 Å². The Balaban J connectivity index is 2.36. The molecule has 1 fully saturated rings. The Morgan fingerprint density at radius 2 is 2.11 bits per heavy atom. The number of hydrogen-bond acceptors (Lipinski definition) is 2. The van der Waals surface area contributed by atoms with Gasteiger partial charge >= 0.3 is 0 Å². The second-order valence-corrected chi connectivity index (χ2v) is 3.21. The van der Waals surface area contributed by atoms with Crippen LogP contribution in [0.2, 0.25) is 0 Å². The molecule has 54 valence electrons. The molecular formula is C7H15NO. The van der Waals surface area contributed by atoms with Crippen molar-refractivity contribution in [1.82, 2.24) is 5.48 Å². The molecule has 1 saturated heterocycles. The van der Waals surface area contributed by atoms with E-state index in [9.17, 15) is 0 Å². The molecule has 1 aliphatic rings. The summed E-state index contributed by atoms with van der Waals surface area (Å²) < 4.78 is 0. The lowest BCUT2D eigenvalue weighted by Crippen LogP contribution is -2.29. The summed E-state index contributed by atoms with van der Waals surface area (Å²) in [6.45, 7) is 5.24. The summed E-state index contributed by atoms with van der Waals surface area (Å²) in [6, 6.07) is 0. The maximum atomic E-state index is 5.34. The quantitative estimate of drug-likeness (QED) is 0.534. The van der Waals surface area contributed by atoms with Gasteiger partial charge in [-0.1, -0.05) is 0 Å². The molecule has 0 aliphatic carbocycles. The second kappa shape index (κ2) is 2.67. The Labute approximate surface area is 56.5 Å². The summed E-state index contributed by atoms with van der Waals surface area (Å²) >= 11 is 0. The molecule has 2 heteroatoms. The van der Waals surface area contributed by atoms with Gasteiger partial charge in [-0.15, -0.1) is 0 Å². The lowest BCUT2D eigenvalue weighted by atomic mass is 10.0. The highest BCUT2D eigenvalue weighted by molar-refractivity contribution is 4.69. The zero-order chi connectivity index (χ0) is 6.74. The molecule has 0 aromatic carbocycles. The first kappa shape index (κ1) is 7.03. The fraction of sp³-hybridized carbons (Fsp3) is 1.00. The molecule has 0 bridgehead atoms. The van der Waals surface area contributed by atoms with Gasteiger partial charge in [0, 0.05) is 6.54 Å². The predicted molar refractivity (Wildman–Crippen MR) is 37.0 cm³/mol. The van der Waals surface area contributed by atoms with Gasteiger partial charge in [-0.05, 0) is 33.1 Å². The molecule has 2 nitrogen and oxygen atoms in total. The first-order valence-electron chi connectivity index (χ1n) is 3.62. The Hall–Kier alpha value is -0.0800. The summed E-state index contributed by atoms with van der Waals surface area (Å²) in [5, 5.41) is 0. The third-order valence-corrected chi connectivity index (χ3v) is 1.66. The van der Waals surface area contributed by atoms with Gasteiger partial charge in [0.1, 0.15) is 0 Å². The molecule has 0 radical (unpaired) electrons. The van der Waals surface area contributed by atoms with Crippen molar-refractivity contribution in [2.24, 2.45) is 0 Å². The van der Waals surface area contributed by atoms with Crippen LogP contribution in [0.1, 0.15) is 33.1 Å². The van der Waals surface area contributed by atoms with Crippen molar-refractivity contribution in [1.29, 1.82) is 0 Å². The Bertz CT molecular complexity index is 80.9. The molecule has 0 amide bonds. The van der Waals surface area contributed by atoms with E-state index >= 15 is 0 Å². The molecule has 0 aromatic rings. The van der Waals surface area contributed by atoms with E-state index in [4.69, 9.17) is 4.84 Å². The third-order valence-electron chi connectivity index (χ3n) is 1.66. The van der Waals surface area contributed by atoms with Gasteiger partial charge in [-0.2, -0.15) is 0 Å². The van der Waals surface area contributed by atoms with E-state index in [1.54, 1.807) is 0 Å². The van der Waals surface area contributed by atoms with E-state index in [2.05, 4.69) is 19.3 Å². The Morgan fingerprint density at radius 3 is 2.89 bits per heavy atom. The zero-order valence-corrected chi connectivity index (χ0v) is 6.24. The van der Waals surface area contributed by atoms with Crippen LogP contribution in [0.4, 0.5) is 0 Å². The Morgan fingerprint density at radius 1 is 1.33 bits per heavy atom. The van der Waals surface area contributed by atoms with Crippen LogP contribution >= 0.6 is 0 Å². The maximum Gasteiger partial charge on any atom is 0.0840 e. The lowest BCUT2D eigenvalue weighted by Gasteiger charge is -2.21. The first-order valence-corrected chi connectivity index (χ1v) is 3.62. The minimum atomic E-state index is 0.0521. The Kier molecular flexibility index (Phi) is 2.09. The summed E-state index contributed by atoms with van der Waals surface area (Å²) in [7, 11) is 0. The average molecular weight is 129 g/mol. The van der Waals surface area contributed by atoms with Gasteiger partial charge in [-0.25, -0.2) is 5.48 Å². The molecule has 1 aliphatic heterocycles. The summed E-state index contributed by atoms with van der Waals surface area (Å²) in [5.74, 6) is 0. The van der Waals surface area contributed by atoms with Crippen LogP contribution in [0.25, 0.3) is 0 Å². The monoisotopic (exact) mass is 129 g/mol. The molecule has 0 unspecified atom stereocenters. The fourth-order valence-corrected chi connectivity index (χ4v) is 1.05. The SMILES string of the molecule is CC1(C)CCCCNO1. The molecule has 1 heterocycles. The van der Waals surface area contributed by atoms with Crippen LogP contribution in [0, 0.1) is 0 Å². The number of hydroxylamine groups is 1. The smallest absolute Gasteiger partial charge is 0.0840 e. The van der Waals surface area contributed by atoms with E-state index in [1.807, 2.05) is 0 Å². The standard InChI is InChI=1S/C7H15NO/c1-7(2)5-3-4-6-8-9-7/h8H,3-6H2,1-2H3. The first-order chi connectivity index (χ1) is 4.21. The predicted octanol–water partition coefficient (Wildman–Crippen LogP) is 1.47. The van der Waals surface area contributed by atoms with Gasteiger partial charge in [0.25, 0.3) is 0 Å². The molecule has 0 aromatic heterocycles. The van der Waals surface area contributed by atoms with Crippen molar-refractivity contribution in [2.45, 2.75) is 38.7 Å². The van der Waals surface area contributed by atoms with Crippen molar-refractivity contribution < 1.29 is 4.84 Å². The average Bonchev–Trinajstić information content (AvgIpc) is 1.92. The van der Waals surface area contributed by atoms with Crippen molar-refractivity contribution in [3.63, 3.8) is 0 Å². The van der Waals surface area contributed by atoms with E-state index in [0.717, 1.165) is 6.54 Å². The van der Waals surface area contributed by atoms with Crippen molar-refractivity contribution in [3.05, 3.63) is 0 Å². The van der Waals surface area contributed by atoms with Crippen molar-refractivity contribution in [2.75, 3.05) is 6.54 Å². The number of rotatable bonds is 0. The van der Waals surface area contributed by atoms with Crippen LogP contribution in [-0.4, -0.2) is 12.1 Å². The van der Waals surface area contributed by atoms with Crippen LogP contribution in [0.3, 0.4) is 0 Å². The normalized spacial score (nSPS) is 27.3. The van der Waals surface area contributed by atoms with E-state index in [1.165, 1.54) is 19.3 Å². The highest BCUT2D eigenvalue weighted by Gasteiger charge is 2.19. The number of nitrogens with one attached hydrogen (secondary N) is 1. The molecule has 1 rings (SSSR count). The zero-order valence-electron chi connectivity index (χ0n) is 6.24. The van der Waals surface area contributed by atoms with E-state index < -0.39 is 0 Å². The minimum absolute atomic E-state index is 0.0521. The van der Waals surface area contributed by atoms with Gasteiger partial charge in [0.2, 0.25) is 0 Å². The van der Waals surface area contributed by atoms with Crippen molar-refractivity contribution >= 4 is 0 Å².